The highest BCUT2D eigenvalue weighted by atomic mass is 32.2. The molecular formula is C14H17N3O2S. The molecule has 3 rings (SSSR count). The van der Waals surface area contributed by atoms with E-state index in [-0.39, 0.29) is 23.8 Å². The molecule has 0 saturated heterocycles. The zero-order valence-electron chi connectivity index (χ0n) is 11.0. The zero-order chi connectivity index (χ0) is 14.1. The molecule has 1 aliphatic heterocycles. The van der Waals surface area contributed by atoms with Crippen molar-refractivity contribution in [2.75, 3.05) is 16.4 Å². The summed E-state index contributed by atoms with van der Waals surface area (Å²) in [6.45, 7) is 0. The van der Waals surface area contributed by atoms with E-state index in [1.807, 2.05) is 12.1 Å². The summed E-state index contributed by atoms with van der Waals surface area (Å²) in [6, 6.07) is 5.55. The number of anilines is 2. The molecule has 2 amide bonds. The first-order valence-electron chi connectivity index (χ1n) is 6.76. The summed E-state index contributed by atoms with van der Waals surface area (Å²) in [6.07, 6.45) is 2.77. The monoisotopic (exact) mass is 291 g/mol. The standard InChI is InChI=1S/C14H17N3O2S/c15-10-3-1-2-9(10)14(19)16-8-4-5-12-11(6-8)17-13(18)7-20-12/h4-6,9-10H,1-3,7,15H2,(H,16,19)(H,17,18). The van der Waals surface area contributed by atoms with Crippen LogP contribution >= 0.6 is 11.8 Å². The van der Waals surface area contributed by atoms with Gasteiger partial charge in [0.1, 0.15) is 0 Å². The summed E-state index contributed by atoms with van der Waals surface area (Å²) in [5.74, 6) is 0.304. The van der Waals surface area contributed by atoms with Crippen LogP contribution in [-0.4, -0.2) is 23.6 Å². The quantitative estimate of drug-likeness (QED) is 0.775. The average molecular weight is 291 g/mol. The SMILES string of the molecule is NC1CCCC1C(=O)Nc1ccc2c(c1)NC(=O)CS2. The van der Waals surface area contributed by atoms with Crippen molar-refractivity contribution in [1.29, 1.82) is 0 Å². The van der Waals surface area contributed by atoms with E-state index >= 15 is 0 Å². The topological polar surface area (TPSA) is 84.2 Å². The molecule has 2 unspecified atom stereocenters. The van der Waals surface area contributed by atoms with Gasteiger partial charge in [0.2, 0.25) is 11.8 Å². The molecule has 1 aromatic carbocycles. The molecule has 0 radical (unpaired) electrons. The number of hydrogen-bond donors (Lipinski definition) is 3. The number of carbonyl (C=O) groups excluding carboxylic acids is 2. The van der Waals surface area contributed by atoms with E-state index in [4.69, 9.17) is 5.73 Å². The number of thioether (sulfide) groups is 1. The maximum atomic E-state index is 12.2. The van der Waals surface area contributed by atoms with Gasteiger partial charge in [-0.2, -0.15) is 0 Å². The third-order valence-electron chi connectivity index (χ3n) is 3.79. The van der Waals surface area contributed by atoms with Gasteiger partial charge >= 0.3 is 0 Å². The number of carbonyl (C=O) groups is 2. The van der Waals surface area contributed by atoms with Gasteiger partial charge in [-0.05, 0) is 31.0 Å². The van der Waals surface area contributed by atoms with Crippen LogP contribution in [0.1, 0.15) is 19.3 Å². The van der Waals surface area contributed by atoms with E-state index in [2.05, 4.69) is 10.6 Å². The second-order valence-electron chi connectivity index (χ2n) is 5.24. The van der Waals surface area contributed by atoms with Crippen molar-refractivity contribution in [3.05, 3.63) is 18.2 Å². The van der Waals surface area contributed by atoms with Gasteiger partial charge in [0.25, 0.3) is 0 Å². The molecule has 0 bridgehead atoms. The Bertz CT molecular complexity index is 561. The van der Waals surface area contributed by atoms with E-state index < -0.39 is 0 Å². The van der Waals surface area contributed by atoms with Crippen LogP contribution in [0.5, 0.6) is 0 Å². The molecule has 4 N–H and O–H groups in total. The molecule has 1 saturated carbocycles. The molecule has 0 spiro atoms. The number of rotatable bonds is 2. The maximum Gasteiger partial charge on any atom is 0.234 e. The largest absolute Gasteiger partial charge is 0.327 e. The lowest BCUT2D eigenvalue weighted by Crippen LogP contribution is -2.34. The molecule has 106 valence electrons. The number of nitrogens with two attached hydrogens (primary N) is 1. The Morgan fingerprint density at radius 2 is 2.25 bits per heavy atom. The minimum absolute atomic E-state index is 0.0104. The van der Waals surface area contributed by atoms with Crippen LogP contribution in [0.25, 0.3) is 0 Å². The summed E-state index contributed by atoms with van der Waals surface area (Å²) < 4.78 is 0. The van der Waals surface area contributed by atoms with Crippen LogP contribution in [-0.2, 0) is 9.59 Å². The first kappa shape index (κ1) is 13.5. The van der Waals surface area contributed by atoms with E-state index in [0.29, 0.717) is 11.4 Å². The third-order valence-corrected chi connectivity index (χ3v) is 4.86. The van der Waals surface area contributed by atoms with Crippen LogP contribution in [0.15, 0.2) is 23.1 Å². The van der Waals surface area contributed by atoms with E-state index in [9.17, 15) is 9.59 Å². The maximum absolute atomic E-state index is 12.2. The lowest BCUT2D eigenvalue weighted by Gasteiger charge is -2.19. The molecule has 6 heteroatoms. The van der Waals surface area contributed by atoms with Gasteiger partial charge < -0.3 is 16.4 Å². The average Bonchev–Trinajstić information content (AvgIpc) is 2.84. The number of fused-ring (bicyclic) bond motifs is 1. The fourth-order valence-electron chi connectivity index (χ4n) is 2.71. The molecule has 1 aliphatic carbocycles. The van der Waals surface area contributed by atoms with Crippen molar-refractivity contribution >= 4 is 35.0 Å². The minimum Gasteiger partial charge on any atom is -0.327 e. The minimum atomic E-state index is -0.102. The van der Waals surface area contributed by atoms with Crippen LogP contribution < -0.4 is 16.4 Å². The lowest BCUT2D eigenvalue weighted by molar-refractivity contribution is -0.120. The van der Waals surface area contributed by atoms with Crippen LogP contribution in [0.4, 0.5) is 11.4 Å². The Morgan fingerprint density at radius 1 is 1.40 bits per heavy atom. The van der Waals surface area contributed by atoms with E-state index in [1.54, 1.807) is 6.07 Å². The second-order valence-corrected chi connectivity index (χ2v) is 6.26. The molecule has 1 heterocycles. The fraction of sp³-hybridized carbons (Fsp3) is 0.429. The van der Waals surface area contributed by atoms with Gasteiger partial charge in [-0.1, -0.05) is 6.42 Å². The number of amides is 2. The molecule has 1 fully saturated rings. The van der Waals surface area contributed by atoms with Gasteiger partial charge in [0, 0.05) is 16.6 Å². The highest BCUT2D eigenvalue weighted by Gasteiger charge is 2.30. The Hall–Kier alpha value is -1.53. The number of hydrogen-bond acceptors (Lipinski definition) is 4. The van der Waals surface area contributed by atoms with Crippen LogP contribution in [0.3, 0.4) is 0 Å². The predicted molar refractivity (Wildman–Crippen MR) is 79.7 cm³/mol. The predicted octanol–water partition coefficient (Wildman–Crippen LogP) is 1.80. The highest BCUT2D eigenvalue weighted by Crippen LogP contribution is 2.34. The van der Waals surface area contributed by atoms with Crippen molar-refractivity contribution in [2.45, 2.75) is 30.2 Å². The highest BCUT2D eigenvalue weighted by molar-refractivity contribution is 8.00. The van der Waals surface area contributed by atoms with Crippen LogP contribution in [0, 0.1) is 5.92 Å². The second kappa shape index (κ2) is 5.46. The Morgan fingerprint density at radius 3 is 3.00 bits per heavy atom. The summed E-state index contributed by atoms with van der Waals surface area (Å²) in [4.78, 5) is 24.6. The summed E-state index contributed by atoms with van der Waals surface area (Å²) >= 11 is 1.51. The number of benzene rings is 1. The normalized spacial score (nSPS) is 24.9. The Kier molecular flexibility index (Phi) is 3.67. The summed E-state index contributed by atoms with van der Waals surface area (Å²) in [5, 5.41) is 5.72. The zero-order valence-corrected chi connectivity index (χ0v) is 11.8. The van der Waals surface area contributed by atoms with Gasteiger partial charge in [-0.3, -0.25) is 9.59 Å². The molecular weight excluding hydrogens is 274 g/mol. The van der Waals surface area contributed by atoms with Crippen molar-refractivity contribution in [1.82, 2.24) is 0 Å². The van der Waals surface area contributed by atoms with Crippen molar-refractivity contribution in [2.24, 2.45) is 11.7 Å². The number of nitrogens with one attached hydrogen (secondary N) is 2. The molecule has 2 atom stereocenters. The van der Waals surface area contributed by atoms with Crippen molar-refractivity contribution in [3.8, 4) is 0 Å². The van der Waals surface area contributed by atoms with E-state index in [1.165, 1.54) is 11.8 Å². The van der Waals surface area contributed by atoms with Crippen molar-refractivity contribution in [3.63, 3.8) is 0 Å². The molecule has 5 nitrogen and oxygen atoms in total. The summed E-state index contributed by atoms with van der Waals surface area (Å²) in [5.41, 5.74) is 7.41. The van der Waals surface area contributed by atoms with Gasteiger partial charge in [-0.15, -0.1) is 11.8 Å². The van der Waals surface area contributed by atoms with Gasteiger partial charge in [0.05, 0.1) is 17.4 Å². The van der Waals surface area contributed by atoms with Gasteiger partial charge in [0.15, 0.2) is 0 Å². The Labute approximate surface area is 121 Å². The third kappa shape index (κ3) is 2.66. The summed E-state index contributed by atoms with van der Waals surface area (Å²) in [7, 11) is 0. The first-order chi connectivity index (χ1) is 9.63. The van der Waals surface area contributed by atoms with Crippen molar-refractivity contribution < 1.29 is 9.59 Å². The van der Waals surface area contributed by atoms with Crippen LogP contribution in [0.2, 0.25) is 0 Å². The van der Waals surface area contributed by atoms with E-state index in [0.717, 1.165) is 29.8 Å². The molecule has 20 heavy (non-hydrogen) atoms. The molecule has 2 aliphatic rings. The fourth-order valence-corrected chi connectivity index (χ4v) is 3.50. The lowest BCUT2D eigenvalue weighted by atomic mass is 10.0. The van der Waals surface area contributed by atoms with Gasteiger partial charge in [-0.25, -0.2) is 0 Å². The molecule has 1 aromatic rings. The smallest absolute Gasteiger partial charge is 0.234 e. The molecule has 0 aromatic heterocycles. The first-order valence-corrected chi connectivity index (χ1v) is 7.75. The Balaban J connectivity index is 1.73.